The first-order valence-corrected chi connectivity index (χ1v) is 8.37. The van der Waals surface area contributed by atoms with Gasteiger partial charge in [-0.3, -0.25) is 0 Å². The van der Waals surface area contributed by atoms with Gasteiger partial charge >= 0.3 is 0 Å². The lowest BCUT2D eigenvalue weighted by atomic mass is 10.0. The van der Waals surface area contributed by atoms with Gasteiger partial charge in [0, 0.05) is 5.69 Å². The van der Waals surface area contributed by atoms with Crippen molar-refractivity contribution < 1.29 is 4.74 Å². The first-order chi connectivity index (χ1) is 11.2. The molecule has 0 aromatic heterocycles. The lowest BCUT2D eigenvalue weighted by Crippen LogP contribution is -2.32. The Morgan fingerprint density at radius 1 is 1.04 bits per heavy atom. The van der Waals surface area contributed by atoms with Gasteiger partial charge in [-0.2, -0.15) is 0 Å². The van der Waals surface area contributed by atoms with Crippen molar-refractivity contribution in [3.8, 4) is 5.75 Å². The smallest absolute Gasteiger partial charge is 0.171 e. The van der Waals surface area contributed by atoms with E-state index in [-0.39, 0.29) is 6.04 Å². The summed E-state index contributed by atoms with van der Waals surface area (Å²) in [6, 6.07) is 16.6. The highest BCUT2D eigenvalue weighted by molar-refractivity contribution is 7.80. The minimum atomic E-state index is 0.177. The predicted octanol–water partition coefficient (Wildman–Crippen LogP) is 4.70. The number of anilines is 1. The number of nitrogens with one attached hydrogen (secondary N) is 2. The van der Waals surface area contributed by atoms with Crippen LogP contribution in [-0.2, 0) is 6.42 Å². The first kappa shape index (κ1) is 17.3. The third-order valence-electron chi connectivity index (χ3n) is 3.85. The normalized spacial score (nSPS) is 11.6. The first-order valence-electron chi connectivity index (χ1n) is 7.96. The third kappa shape index (κ3) is 4.96. The molecule has 0 unspecified atom stereocenters. The number of methoxy groups -OCH3 is 1. The fourth-order valence-electron chi connectivity index (χ4n) is 2.41. The molecule has 0 aliphatic heterocycles. The molecular formula is C19H24N2OS. The van der Waals surface area contributed by atoms with Gasteiger partial charge in [0.15, 0.2) is 5.11 Å². The van der Waals surface area contributed by atoms with Gasteiger partial charge in [0.25, 0.3) is 0 Å². The molecule has 2 N–H and O–H groups in total. The molecule has 0 fully saturated rings. The van der Waals surface area contributed by atoms with Crippen LogP contribution in [0.5, 0.6) is 5.75 Å². The lowest BCUT2D eigenvalue weighted by Gasteiger charge is -2.20. The van der Waals surface area contributed by atoms with Crippen molar-refractivity contribution in [1.29, 1.82) is 0 Å². The molecular weight excluding hydrogens is 304 g/mol. The van der Waals surface area contributed by atoms with Crippen LogP contribution in [0.4, 0.5) is 5.69 Å². The summed E-state index contributed by atoms with van der Waals surface area (Å²) in [6.45, 7) is 4.29. The van der Waals surface area contributed by atoms with Crippen molar-refractivity contribution in [1.82, 2.24) is 5.32 Å². The zero-order valence-corrected chi connectivity index (χ0v) is 14.7. The number of hydrogen-bond donors (Lipinski definition) is 2. The van der Waals surface area contributed by atoms with Gasteiger partial charge in [0.05, 0.1) is 13.2 Å². The molecule has 3 nitrogen and oxygen atoms in total. The lowest BCUT2D eigenvalue weighted by molar-refractivity contribution is 0.414. The number of thiocarbonyl (C=S) groups is 1. The third-order valence-corrected chi connectivity index (χ3v) is 4.07. The Kier molecular flexibility index (Phi) is 6.41. The minimum absolute atomic E-state index is 0.177. The summed E-state index contributed by atoms with van der Waals surface area (Å²) < 4.78 is 5.20. The van der Waals surface area contributed by atoms with E-state index in [1.165, 1.54) is 11.1 Å². The summed E-state index contributed by atoms with van der Waals surface area (Å²) in [4.78, 5) is 0. The standard InChI is InChI=1S/C19H24N2OS/c1-4-14-6-10-16(11-7-14)20-19(23)21-18(5-2)15-8-12-17(22-3)13-9-15/h6-13,18H,4-5H2,1-3H3,(H2,20,21,23)/t18-/m1/s1. The summed E-state index contributed by atoms with van der Waals surface area (Å²) in [6.07, 6.45) is 1.99. The van der Waals surface area contributed by atoms with Gasteiger partial charge in [0.2, 0.25) is 0 Å². The minimum Gasteiger partial charge on any atom is -0.497 e. The molecule has 0 aliphatic rings. The number of benzene rings is 2. The van der Waals surface area contributed by atoms with Crippen LogP contribution in [0.3, 0.4) is 0 Å². The van der Waals surface area contributed by atoms with E-state index in [1.807, 2.05) is 12.1 Å². The number of ether oxygens (including phenoxy) is 1. The number of hydrogen-bond acceptors (Lipinski definition) is 2. The van der Waals surface area contributed by atoms with Crippen LogP contribution in [-0.4, -0.2) is 12.2 Å². The Morgan fingerprint density at radius 2 is 1.70 bits per heavy atom. The van der Waals surface area contributed by atoms with E-state index < -0.39 is 0 Å². The van der Waals surface area contributed by atoms with Crippen molar-refractivity contribution in [3.63, 3.8) is 0 Å². The van der Waals surface area contributed by atoms with Crippen molar-refractivity contribution in [2.24, 2.45) is 0 Å². The van der Waals surface area contributed by atoms with Crippen LogP contribution in [0.15, 0.2) is 48.5 Å². The van der Waals surface area contributed by atoms with E-state index in [2.05, 4.69) is 60.9 Å². The second kappa shape index (κ2) is 8.53. The highest BCUT2D eigenvalue weighted by Gasteiger charge is 2.10. The molecule has 0 bridgehead atoms. The van der Waals surface area contributed by atoms with Crippen molar-refractivity contribution >= 4 is 23.0 Å². The summed E-state index contributed by atoms with van der Waals surface area (Å²) >= 11 is 5.44. The van der Waals surface area contributed by atoms with Crippen molar-refractivity contribution in [2.45, 2.75) is 32.7 Å². The van der Waals surface area contributed by atoms with E-state index in [0.29, 0.717) is 5.11 Å². The summed E-state index contributed by atoms with van der Waals surface area (Å²) in [5.41, 5.74) is 3.52. The zero-order valence-electron chi connectivity index (χ0n) is 13.9. The second-order valence-corrected chi connectivity index (χ2v) is 5.79. The van der Waals surface area contributed by atoms with Crippen LogP contribution < -0.4 is 15.4 Å². The predicted molar refractivity (Wildman–Crippen MR) is 101 cm³/mol. The van der Waals surface area contributed by atoms with Crippen LogP contribution in [0.2, 0.25) is 0 Å². The van der Waals surface area contributed by atoms with Gasteiger partial charge in [0.1, 0.15) is 5.75 Å². The molecule has 0 heterocycles. The fourth-order valence-corrected chi connectivity index (χ4v) is 2.67. The molecule has 23 heavy (non-hydrogen) atoms. The van der Waals surface area contributed by atoms with Crippen molar-refractivity contribution in [2.75, 3.05) is 12.4 Å². The van der Waals surface area contributed by atoms with E-state index in [1.54, 1.807) is 7.11 Å². The monoisotopic (exact) mass is 328 g/mol. The average molecular weight is 328 g/mol. The Balaban J connectivity index is 1.97. The molecule has 2 aromatic carbocycles. The van der Waals surface area contributed by atoms with Gasteiger partial charge in [-0.05, 0) is 60.5 Å². The highest BCUT2D eigenvalue weighted by Crippen LogP contribution is 2.20. The van der Waals surface area contributed by atoms with E-state index in [0.717, 1.165) is 24.3 Å². The maximum absolute atomic E-state index is 5.44. The molecule has 0 aliphatic carbocycles. The molecule has 122 valence electrons. The fraction of sp³-hybridized carbons (Fsp3) is 0.316. The van der Waals surface area contributed by atoms with Gasteiger partial charge in [-0.1, -0.05) is 38.1 Å². The molecule has 0 amide bonds. The summed E-state index contributed by atoms with van der Waals surface area (Å²) in [5, 5.41) is 7.26. The van der Waals surface area contributed by atoms with Crippen LogP contribution in [0.25, 0.3) is 0 Å². The van der Waals surface area contributed by atoms with E-state index in [4.69, 9.17) is 17.0 Å². The average Bonchev–Trinajstić information content (AvgIpc) is 2.60. The molecule has 0 saturated heterocycles. The van der Waals surface area contributed by atoms with Gasteiger partial charge in [-0.15, -0.1) is 0 Å². The Hall–Kier alpha value is -2.07. The van der Waals surface area contributed by atoms with Crippen LogP contribution >= 0.6 is 12.2 Å². The van der Waals surface area contributed by atoms with E-state index in [9.17, 15) is 0 Å². The van der Waals surface area contributed by atoms with Gasteiger partial charge < -0.3 is 15.4 Å². The maximum atomic E-state index is 5.44. The Labute approximate surface area is 144 Å². The van der Waals surface area contributed by atoms with Crippen LogP contribution in [0.1, 0.15) is 37.4 Å². The number of rotatable bonds is 6. The Morgan fingerprint density at radius 3 is 2.22 bits per heavy atom. The largest absolute Gasteiger partial charge is 0.497 e. The summed E-state index contributed by atoms with van der Waals surface area (Å²) in [5.74, 6) is 0.861. The highest BCUT2D eigenvalue weighted by atomic mass is 32.1. The molecule has 2 rings (SSSR count). The molecule has 1 atom stereocenters. The molecule has 0 saturated carbocycles. The molecule has 4 heteroatoms. The topological polar surface area (TPSA) is 33.3 Å². The maximum Gasteiger partial charge on any atom is 0.171 e. The molecule has 2 aromatic rings. The zero-order chi connectivity index (χ0) is 16.7. The van der Waals surface area contributed by atoms with Gasteiger partial charge in [-0.25, -0.2) is 0 Å². The number of aryl methyl sites for hydroxylation is 1. The van der Waals surface area contributed by atoms with E-state index >= 15 is 0 Å². The molecule has 0 radical (unpaired) electrons. The summed E-state index contributed by atoms with van der Waals surface area (Å²) in [7, 11) is 1.67. The van der Waals surface area contributed by atoms with Crippen molar-refractivity contribution in [3.05, 3.63) is 59.7 Å². The quantitative estimate of drug-likeness (QED) is 0.753. The SMILES string of the molecule is CCc1ccc(NC(=S)N[C@H](CC)c2ccc(OC)cc2)cc1. The van der Waals surface area contributed by atoms with Crippen LogP contribution in [0, 0.1) is 0 Å². The molecule has 0 spiro atoms. The second-order valence-electron chi connectivity index (χ2n) is 5.38. The Bertz CT molecular complexity index is 623.